The van der Waals surface area contributed by atoms with Crippen LogP contribution in [-0.4, -0.2) is 16.6 Å². The molecule has 0 saturated heterocycles. The van der Waals surface area contributed by atoms with Crippen LogP contribution in [0.3, 0.4) is 0 Å². The maximum absolute atomic E-state index is 12.2. The number of anilines is 1. The van der Waals surface area contributed by atoms with Crippen LogP contribution in [-0.2, 0) is 4.79 Å². The molecule has 4 heteroatoms. The minimum atomic E-state index is -0.0143. The normalized spacial score (nSPS) is 10.8. The van der Waals surface area contributed by atoms with E-state index in [0.717, 1.165) is 32.7 Å². The van der Waals surface area contributed by atoms with Gasteiger partial charge in [0.1, 0.15) is 5.03 Å². The zero-order chi connectivity index (χ0) is 17.1. The number of aromatic nitrogens is 1. The smallest absolute Gasteiger partial charge is 0.234 e. The van der Waals surface area contributed by atoms with Gasteiger partial charge in [0.25, 0.3) is 0 Å². The Morgan fingerprint density at radius 3 is 2.62 bits per heavy atom. The summed E-state index contributed by atoms with van der Waals surface area (Å²) in [5.41, 5.74) is 5.21. The molecule has 122 valence electrons. The third-order valence-electron chi connectivity index (χ3n) is 3.87. The monoisotopic (exact) mass is 336 g/mol. The Balaban J connectivity index is 1.71. The highest BCUT2D eigenvalue weighted by atomic mass is 32.2. The number of rotatable bonds is 4. The Morgan fingerprint density at radius 2 is 1.83 bits per heavy atom. The average molecular weight is 336 g/mol. The van der Waals surface area contributed by atoms with Gasteiger partial charge in [0.2, 0.25) is 5.91 Å². The number of aryl methyl sites for hydroxylation is 3. The van der Waals surface area contributed by atoms with Gasteiger partial charge in [0, 0.05) is 11.1 Å². The molecule has 1 aromatic heterocycles. The van der Waals surface area contributed by atoms with Crippen LogP contribution in [0.2, 0.25) is 0 Å². The summed E-state index contributed by atoms with van der Waals surface area (Å²) in [6, 6.07) is 16.1. The standard InChI is InChI=1S/C20H20N2OS/c1-13-8-9-18-16(10-13)11-15(3)20(22-18)24-12-19(23)21-17-7-5-4-6-14(17)2/h4-11H,12H2,1-3H3,(H,21,23). The molecule has 1 N–H and O–H groups in total. The number of benzene rings is 2. The van der Waals surface area contributed by atoms with Gasteiger partial charge in [-0.1, -0.05) is 41.6 Å². The molecule has 1 amide bonds. The molecule has 0 atom stereocenters. The molecule has 1 heterocycles. The lowest BCUT2D eigenvalue weighted by Crippen LogP contribution is -2.15. The van der Waals surface area contributed by atoms with Crippen molar-refractivity contribution < 1.29 is 4.79 Å². The number of nitrogens with one attached hydrogen (secondary N) is 1. The van der Waals surface area contributed by atoms with E-state index < -0.39 is 0 Å². The quantitative estimate of drug-likeness (QED) is 0.690. The highest BCUT2D eigenvalue weighted by molar-refractivity contribution is 8.00. The second-order valence-electron chi connectivity index (χ2n) is 5.96. The van der Waals surface area contributed by atoms with Crippen molar-refractivity contribution in [1.82, 2.24) is 4.98 Å². The molecule has 0 fully saturated rings. The van der Waals surface area contributed by atoms with Crippen molar-refractivity contribution >= 4 is 34.3 Å². The van der Waals surface area contributed by atoms with Crippen molar-refractivity contribution in [1.29, 1.82) is 0 Å². The van der Waals surface area contributed by atoms with Crippen molar-refractivity contribution in [2.24, 2.45) is 0 Å². The summed E-state index contributed by atoms with van der Waals surface area (Å²) >= 11 is 1.48. The number of nitrogens with zero attached hydrogens (tertiary/aromatic N) is 1. The predicted molar refractivity (Wildman–Crippen MR) is 102 cm³/mol. The van der Waals surface area contributed by atoms with Crippen LogP contribution in [0.15, 0.2) is 53.6 Å². The number of carbonyl (C=O) groups excluding carboxylic acids is 1. The molecule has 0 bridgehead atoms. The molecular weight excluding hydrogens is 316 g/mol. The molecule has 0 spiro atoms. The predicted octanol–water partition coefficient (Wildman–Crippen LogP) is 4.89. The van der Waals surface area contributed by atoms with E-state index in [2.05, 4.69) is 30.4 Å². The fourth-order valence-corrected chi connectivity index (χ4v) is 3.35. The number of hydrogen-bond donors (Lipinski definition) is 1. The Hall–Kier alpha value is -2.33. The van der Waals surface area contributed by atoms with Gasteiger partial charge in [-0.15, -0.1) is 0 Å². The number of hydrogen-bond acceptors (Lipinski definition) is 3. The third kappa shape index (κ3) is 3.77. The zero-order valence-corrected chi connectivity index (χ0v) is 14.9. The van der Waals surface area contributed by atoms with Gasteiger partial charge in [-0.25, -0.2) is 4.98 Å². The van der Waals surface area contributed by atoms with Crippen LogP contribution < -0.4 is 5.32 Å². The van der Waals surface area contributed by atoms with Crippen LogP contribution in [0.4, 0.5) is 5.69 Å². The molecule has 3 rings (SSSR count). The van der Waals surface area contributed by atoms with Crippen molar-refractivity contribution in [3.05, 3.63) is 65.2 Å². The SMILES string of the molecule is Cc1ccc2nc(SCC(=O)Nc3ccccc3C)c(C)cc2c1. The fourth-order valence-electron chi connectivity index (χ4n) is 2.56. The number of thioether (sulfide) groups is 1. The van der Waals surface area contributed by atoms with Crippen molar-refractivity contribution in [2.75, 3.05) is 11.1 Å². The summed E-state index contributed by atoms with van der Waals surface area (Å²) in [5, 5.41) is 5.01. The summed E-state index contributed by atoms with van der Waals surface area (Å²) in [7, 11) is 0. The Bertz CT molecular complexity index is 905. The first-order chi connectivity index (χ1) is 11.5. The molecule has 0 aliphatic rings. The van der Waals surface area contributed by atoms with E-state index in [1.165, 1.54) is 17.3 Å². The van der Waals surface area contributed by atoms with Crippen molar-refractivity contribution in [3.63, 3.8) is 0 Å². The summed E-state index contributed by atoms with van der Waals surface area (Å²) in [4.78, 5) is 16.9. The lowest BCUT2D eigenvalue weighted by atomic mass is 10.1. The van der Waals surface area contributed by atoms with Crippen LogP contribution in [0.25, 0.3) is 10.9 Å². The Morgan fingerprint density at radius 1 is 1.04 bits per heavy atom. The number of amides is 1. The van der Waals surface area contributed by atoms with E-state index in [4.69, 9.17) is 4.98 Å². The lowest BCUT2D eigenvalue weighted by molar-refractivity contribution is -0.113. The highest BCUT2D eigenvalue weighted by Gasteiger charge is 2.09. The van der Waals surface area contributed by atoms with E-state index in [-0.39, 0.29) is 5.91 Å². The molecule has 0 saturated carbocycles. The fraction of sp³-hybridized carbons (Fsp3) is 0.200. The summed E-state index contributed by atoms with van der Waals surface area (Å²) in [6.07, 6.45) is 0. The Kier molecular flexibility index (Phi) is 4.86. The largest absolute Gasteiger partial charge is 0.325 e. The van der Waals surface area contributed by atoms with Crippen LogP contribution in [0.5, 0.6) is 0 Å². The number of para-hydroxylation sites is 1. The topological polar surface area (TPSA) is 42.0 Å². The van der Waals surface area contributed by atoms with Crippen molar-refractivity contribution in [2.45, 2.75) is 25.8 Å². The first kappa shape index (κ1) is 16.5. The summed E-state index contributed by atoms with van der Waals surface area (Å²) < 4.78 is 0. The highest BCUT2D eigenvalue weighted by Crippen LogP contribution is 2.25. The number of pyridine rings is 1. The minimum Gasteiger partial charge on any atom is -0.325 e. The maximum Gasteiger partial charge on any atom is 0.234 e. The van der Waals surface area contributed by atoms with E-state index >= 15 is 0 Å². The van der Waals surface area contributed by atoms with Gasteiger partial charge in [-0.2, -0.15) is 0 Å². The Labute approximate surface area is 146 Å². The van der Waals surface area contributed by atoms with Crippen LogP contribution >= 0.6 is 11.8 Å². The minimum absolute atomic E-state index is 0.0143. The van der Waals surface area contributed by atoms with Crippen LogP contribution in [0, 0.1) is 20.8 Å². The second kappa shape index (κ2) is 7.05. The second-order valence-corrected chi connectivity index (χ2v) is 6.92. The lowest BCUT2D eigenvalue weighted by Gasteiger charge is -2.09. The molecule has 0 unspecified atom stereocenters. The molecule has 0 radical (unpaired) electrons. The van der Waals surface area contributed by atoms with Crippen molar-refractivity contribution in [3.8, 4) is 0 Å². The number of carbonyl (C=O) groups is 1. The molecule has 3 aromatic rings. The van der Waals surface area contributed by atoms with Gasteiger partial charge in [0.15, 0.2) is 0 Å². The zero-order valence-electron chi connectivity index (χ0n) is 14.1. The van der Waals surface area contributed by atoms with E-state index in [9.17, 15) is 4.79 Å². The molecule has 0 aliphatic carbocycles. The van der Waals surface area contributed by atoms with E-state index in [1.54, 1.807) is 0 Å². The molecule has 0 aliphatic heterocycles. The average Bonchev–Trinajstić information content (AvgIpc) is 2.55. The maximum atomic E-state index is 12.2. The van der Waals surface area contributed by atoms with E-state index in [0.29, 0.717) is 5.75 Å². The molecule has 2 aromatic carbocycles. The third-order valence-corrected chi connectivity index (χ3v) is 4.97. The van der Waals surface area contributed by atoms with E-state index in [1.807, 2.05) is 44.2 Å². The van der Waals surface area contributed by atoms with Gasteiger partial charge < -0.3 is 5.32 Å². The van der Waals surface area contributed by atoms with Crippen LogP contribution in [0.1, 0.15) is 16.7 Å². The molecular formula is C20H20N2OS. The summed E-state index contributed by atoms with van der Waals surface area (Å²) in [5.74, 6) is 0.332. The summed E-state index contributed by atoms with van der Waals surface area (Å²) in [6.45, 7) is 6.10. The number of fused-ring (bicyclic) bond motifs is 1. The molecule has 3 nitrogen and oxygen atoms in total. The van der Waals surface area contributed by atoms with Gasteiger partial charge in [-0.05, 0) is 56.2 Å². The van der Waals surface area contributed by atoms with Gasteiger partial charge in [0.05, 0.1) is 11.3 Å². The first-order valence-electron chi connectivity index (χ1n) is 7.89. The molecule has 24 heavy (non-hydrogen) atoms. The van der Waals surface area contributed by atoms with Gasteiger partial charge >= 0.3 is 0 Å². The van der Waals surface area contributed by atoms with Gasteiger partial charge in [-0.3, -0.25) is 4.79 Å². The first-order valence-corrected chi connectivity index (χ1v) is 8.88.